The average molecular weight is 219 g/mol. The summed E-state index contributed by atoms with van der Waals surface area (Å²) in [7, 11) is 0. The molecule has 0 aromatic carbocycles. The summed E-state index contributed by atoms with van der Waals surface area (Å²) in [4.78, 5) is 14.6. The maximum Gasteiger partial charge on any atom is 0.221 e. The van der Waals surface area contributed by atoms with Crippen LogP contribution in [0.25, 0.3) is 0 Å². The van der Waals surface area contributed by atoms with Crippen molar-refractivity contribution in [2.75, 3.05) is 5.32 Å². The second kappa shape index (κ2) is 3.94. The molecule has 1 amide bonds. The number of carbonyl (C=O) groups excluding carboxylic acids is 1. The Hall–Kier alpha value is -0.800. The van der Waals surface area contributed by atoms with Crippen molar-refractivity contribution in [3.8, 4) is 0 Å². The van der Waals surface area contributed by atoms with Gasteiger partial charge in [0.1, 0.15) is 5.15 Å². The fraction of sp³-hybridized carbons (Fsp3) is 0.250. The van der Waals surface area contributed by atoms with Gasteiger partial charge in [-0.3, -0.25) is 4.79 Å². The first-order valence-corrected chi connectivity index (χ1v) is 4.36. The molecule has 1 heterocycles. The molecule has 1 aromatic rings. The first-order chi connectivity index (χ1) is 6.00. The maximum absolute atomic E-state index is 10.8. The van der Waals surface area contributed by atoms with Crippen LogP contribution in [0.3, 0.4) is 0 Å². The number of pyridine rings is 1. The third-order valence-corrected chi connectivity index (χ3v) is 1.91. The van der Waals surface area contributed by atoms with Gasteiger partial charge in [0.2, 0.25) is 5.91 Å². The van der Waals surface area contributed by atoms with Gasteiger partial charge in [0.25, 0.3) is 0 Å². The Bertz CT molecular complexity index is 329. The van der Waals surface area contributed by atoms with E-state index in [0.717, 1.165) is 5.56 Å². The monoisotopic (exact) mass is 218 g/mol. The van der Waals surface area contributed by atoms with Crippen LogP contribution < -0.4 is 5.32 Å². The lowest BCUT2D eigenvalue weighted by atomic mass is 10.2. The molecule has 0 aliphatic heterocycles. The van der Waals surface area contributed by atoms with E-state index < -0.39 is 0 Å². The zero-order valence-corrected chi connectivity index (χ0v) is 8.70. The number of carbonyl (C=O) groups is 1. The van der Waals surface area contributed by atoms with Crippen LogP contribution >= 0.6 is 23.2 Å². The molecule has 0 saturated heterocycles. The van der Waals surface area contributed by atoms with Crippen LogP contribution in [0.2, 0.25) is 10.3 Å². The number of anilines is 1. The minimum Gasteiger partial charge on any atom is -0.323 e. The molecule has 1 aromatic heterocycles. The van der Waals surface area contributed by atoms with Crippen LogP contribution in [-0.4, -0.2) is 10.9 Å². The lowest BCUT2D eigenvalue weighted by Gasteiger charge is -2.07. The van der Waals surface area contributed by atoms with E-state index in [0.29, 0.717) is 10.8 Å². The van der Waals surface area contributed by atoms with E-state index in [4.69, 9.17) is 23.2 Å². The fourth-order valence-electron chi connectivity index (χ4n) is 0.922. The Balaban J connectivity index is 3.13. The van der Waals surface area contributed by atoms with E-state index in [2.05, 4.69) is 10.3 Å². The van der Waals surface area contributed by atoms with Gasteiger partial charge in [-0.15, -0.1) is 0 Å². The summed E-state index contributed by atoms with van der Waals surface area (Å²) >= 11 is 11.4. The third-order valence-electron chi connectivity index (χ3n) is 1.44. The number of amides is 1. The van der Waals surface area contributed by atoms with E-state index >= 15 is 0 Å². The van der Waals surface area contributed by atoms with Crippen LogP contribution in [0.1, 0.15) is 12.5 Å². The summed E-state index contributed by atoms with van der Waals surface area (Å²) in [6.45, 7) is 3.20. The van der Waals surface area contributed by atoms with Crippen molar-refractivity contribution in [1.82, 2.24) is 4.98 Å². The summed E-state index contributed by atoms with van der Waals surface area (Å²) in [6, 6.07) is 1.64. The minimum atomic E-state index is -0.186. The predicted octanol–water partition coefficient (Wildman–Crippen LogP) is 2.66. The molecule has 0 atom stereocenters. The third kappa shape index (κ3) is 2.57. The predicted molar refractivity (Wildman–Crippen MR) is 53.3 cm³/mol. The molecule has 3 nitrogen and oxygen atoms in total. The van der Waals surface area contributed by atoms with Crippen LogP contribution in [0.15, 0.2) is 6.07 Å². The Labute approximate surface area is 86.1 Å². The van der Waals surface area contributed by atoms with Gasteiger partial charge in [0.15, 0.2) is 5.15 Å². The van der Waals surface area contributed by atoms with Gasteiger partial charge in [-0.2, -0.15) is 0 Å². The van der Waals surface area contributed by atoms with Gasteiger partial charge >= 0.3 is 0 Å². The molecule has 0 saturated carbocycles. The zero-order chi connectivity index (χ0) is 10.0. The number of hydrogen-bond acceptors (Lipinski definition) is 2. The van der Waals surface area contributed by atoms with E-state index in [9.17, 15) is 4.79 Å². The molecule has 0 fully saturated rings. The number of aromatic nitrogens is 1. The Kier molecular flexibility index (Phi) is 3.12. The van der Waals surface area contributed by atoms with Crippen molar-refractivity contribution in [3.05, 3.63) is 21.9 Å². The molecule has 1 N–H and O–H groups in total. The topological polar surface area (TPSA) is 42.0 Å². The Morgan fingerprint density at radius 1 is 1.54 bits per heavy atom. The molecule has 0 radical (unpaired) electrons. The summed E-state index contributed by atoms with van der Waals surface area (Å²) < 4.78 is 0. The van der Waals surface area contributed by atoms with Gasteiger partial charge in [-0.25, -0.2) is 4.98 Å². The molecule has 0 aliphatic carbocycles. The van der Waals surface area contributed by atoms with Crippen LogP contribution in [0.5, 0.6) is 0 Å². The van der Waals surface area contributed by atoms with Gasteiger partial charge < -0.3 is 5.32 Å². The van der Waals surface area contributed by atoms with Crippen LogP contribution in [0, 0.1) is 6.92 Å². The van der Waals surface area contributed by atoms with Crippen molar-refractivity contribution < 1.29 is 4.79 Å². The summed E-state index contributed by atoms with van der Waals surface area (Å²) in [5.74, 6) is -0.186. The standard InChI is InChI=1S/C8H8Cl2N2O/c1-4-3-6(9)12-8(10)7(4)11-5(2)13/h3H,1-2H3,(H,11,13). The first-order valence-electron chi connectivity index (χ1n) is 3.61. The molecular weight excluding hydrogens is 211 g/mol. The number of rotatable bonds is 1. The molecule has 13 heavy (non-hydrogen) atoms. The zero-order valence-electron chi connectivity index (χ0n) is 7.19. The number of nitrogens with zero attached hydrogens (tertiary/aromatic N) is 1. The smallest absolute Gasteiger partial charge is 0.221 e. The highest BCUT2D eigenvalue weighted by Gasteiger charge is 2.08. The summed E-state index contributed by atoms with van der Waals surface area (Å²) in [5, 5.41) is 3.10. The average Bonchev–Trinajstić information content (AvgIpc) is 1.96. The molecule has 1 rings (SSSR count). The highest BCUT2D eigenvalue weighted by molar-refractivity contribution is 6.34. The molecule has 0 bridgehead atoms. The normalized spacial score (nSPS) is 9.85. The summed E-state index contributed by atoms with van der Waals surface area (Å²) in [6.07, 6.45) is 0. The quantitative estimate of drug-likeness (QED) is 0.737. The molecule has 0 unspecified atom stereocenters. The van der Waals surface area contributed by atoms with Crippen molar-refractivity contribution >= 4 is 34.8 Å². The van der Waals surface area contributed by atoms with Crippen molar-refractivity contribution in [1.29, 1.82) is 0 Å². The molecule has 70 valence electrons. The number of hydrogen-bond donors (Lipinski definition) is 1. The van der Waals surface area contributed by atoms with Crippen LogP contribution in [0.4, 0.5) is 5.69 Å². The van der Waals surface area contributed by atoms with E-state index in [1.165, 1.54) is 6.92 Å². The highest BCUT2D eigenvalue weighted by atomic mass is 35.5. The largest absolute Gasteiger partial charge is 0.323 e. The lowest BCUT2D eigenvalue weighted by molar-refractivity contribution is -0.114. The summed E-state index contributed by atoms with van der Waals surface area (Å²) in [5.41, 5.74) is 1.30. The number of nitrogens with one attached hydrogen (secondary N) is 1. The van der Waals surface area contributed by atoms with Crippen molar-refractivity contribution in [2.45, 2.75) is 13.8 Å². The minimum absolute atomic E-state index is 0.186. The molecule has 5 heteroatoms. The molecule has 0 aliphatic rings. The number of aryl methyl sites for hydroxylation is 1. The van der Waals surface area contributed by atoms with Crippen molar-refractivity contribution in [2.24, 2.45) is 0 Å². The van der Waals surface area contributed by atoms with Gasteiger partial charge in [0, 0.05) is 6.92 Å². The van der Waals surface area contributed by atoms with Gasteiger partial charge in [-0.1, -0.05) is 23.2 Å². The molecule has 0 spiro atoms. The van der Waals surface area contributed by atoms with Crippen LogP contribution in [-0.2, 0) is 4.79 Å². The maximum atomic E-state index is 10.8. The second-order valence-corrected chi connectivity index (χ2v) is 3.35. The number of halogens is 2. The van der Waals surface area contributed by atoms with Crippen molar-refractivity contribution in [3.63, 3.8) is 0 Å². The van der Waals surface area contributed by atoms with E-state index in [1.807, 2.05) is 0 Å². The SMILES string of the molecule is CC(=O)Nc1c(C)cc(Cl)nc1Cl. The lowest BCUT2D eigenvalue weighted by Crippen LogP contribution is -2.08. The second-order valence-electron chi connectivity index (χ2n) is 2.61. The molecular formula is C8H8Cl2N2O. The fourth-order valence-corrected chi connectivity index (χ4v) is 1.50. The van der Waals surface area contributed by atoms with E-state index in [-0.39, 0.29) is 11.1 Å². The van der Waals surface area contributed by atoms with Gasteiger partial charge in [-0.05, 0) is 18.6 Å². The Morgan fingerprint density at radius 2 is 2.15 bits per heavy atom. The van der Waals surface area contributed by atoms with Gasteiger partial charge in [0.05, 0.1) is 5.69 Å². The highest BCUT2D eigenvalue weighted by Crippen LogP contribution is 2.26. The first kappa shape index (κ1) is 10.3. The van der Waals surface area contributed by atoms with E-state index in [1.54, 1.807) is 13.0 Å². The Morgan fingerprint density at radius 3 is 2.62 bits per heavy atom.